The van der Waals surface area contributed by atoms with Crippen molar-refractivity contribution < 1.29 is 13.2 Å². The lowest BCUT2D eigenvalue weighted by Gasteiger charge is -2.24. The average Bonchev–Trinajstić information content (AvgIpc) is 3.17. The van der Waals surface area contributed by atoms with Gasteiger partial charge in [0.2, 0.25) is 5.91 Å². The van der Waals surface area contributed by atoms with Crippen LogP contribution in [-0.4, -0.2) is 31.9 Å². The molecule has 1 aliphatic rings. The molecule has 0 radical (unpaired) electrons. The SMILES string of the molecule is O=C(CN(c1nccs1)S(=O)(=O)c1ccccc1)NC1CCCCCCC1. The highest BCUT2D eigenvalue weighted by Gasteiger charge is 2.29. The summed E-state index contributed by atoms with van der Waals surface area (Å²) in [5.74, 6) is -0.282. The molecule has 2 aromatic rings. The van der Waals surface area contributed by atoms with Crippen LogP contribution in [0.3, 0.4) is 0 Å². The van der Waals surface area contributed by atoms with Gasteiger partial charge in [-0.3, -0.25) is 4.79 Å². The van der Waals surface area contributed by atoms with Crippen molar-refractivity contribution in [1.29, 1.82) is 0 Å². The van der Waals surface area contributed by atoms with Gasteiger partial charge in [-0.2, -0.15) is 0 Å². The fourth-order valence-electron chi connectivity index (χ4n) is 3.32. The van der Waals surface area contributed by atoms with Gasteiger partial charge >= 0.3 is 0 Å². The molecule has 146 valence electrons. The Morgan fingerprint density at radius 2 is 1.78 bits per heavy atom. The number of anilines is 1. The minimum Gasteiger partial charge on any atom is -0.352 e. The van der Waals surface area contributed by atoms with E-state index >= 15 is 0 Å². The lowest BCUT2D eigenvalue weighted by Crippen LogP contribution is -2.44. The molecule has 1 fully saturated rings. The van der Waals surface area contributed by atoms with E-state index in [1.165, 1.54) is 42.7 Å². The summed E-state index contributed by atoms with van der Waals surface area (Å²) < 4.78 is 27.2. The van der Waals surface area contributed by atoms with E-state index in [2.05, 4.69) is 10.3 Å². The Bertz CT molecular complexity index is 815. The van der Waals surface area contributed by atoms with Crippen LogP contribution in [0.2, 0.25) is 0 Å². The van der Waals surface area contributed by atoms with Crippen molar-refractivity contribution in [2.24, 2.45) is 0 Å². The number of benzene rings is 1. The smallest absolute Gasteiger partial charge is 0.266 e. The summed E-state index contributed by atoms with van der Waals surface area (Å²) in [6.07, 6.45) is 9.30. The number of hydrogen-bond donors (Lipinski definition) is 1. The molecule has 1 aromatic carbocycles. The molecule has 3 rings (SSSR count). The zero-order chi connectivity index (χ0) is 19.1. The fraction of sp³-hybridized carbons (Fsp3) is 0.474. The maximum Gasteiger partial charge on any atom is 0.266 e. The predicted octanol–water partition coefficient (Wildman–Crippen LogP) is 3.57. The number of nitrogens with one attached hydrogen (secondary N) is 1. The zero-order valence-electron chi connectivity index (χ0n) is 15.2. The molecule has 1 amide bonds. The maximum atomic E-state index is 13.1. The standard InChI is InChI=1S/C19H25N3O3S2/c23-18(21-16-9-5-2-1-3-6-10-16)15-22(19-20-13-14-26-19)27(24,25)17-11-7-4-8-12-17/h4,7-8,11-14,16H,1-3,5-6,9-10,15H2,(H,21,23). The van der Waals surface area contributed by atoms with Gasteiger partial charge in [-0.25, -0.2) is 17.7 Å². The van der Waals surface area contributed by atoms with E-state index in [1.54, 1.807) is 29.8 Å². The monoisotopic (exact) mass is 407 g/mol. The van der Waals surface area contributed by atoms with Crippen molar-refractivity contribution in [3.63, 3.8) is 0 Å². The molecule has 6 nitrogen and oxygen atoms in total. The largest absolute Gasteiger partial charge is 0.352 e. The van der Waals surface area contributed by atoms with Gasteiger partial charge in [0.05, 0.1) is 4.90 Å². The summed E-state index contributed by atoms with van der Waals surface area (Å²) >= 11 is 1.20. The highest BCUT2D eigenvalue weighted by molar-refractivity contribution is 7.93. The Hall–Kier alpha value is -1.93. The number of hydrogen-bond acceptors (Lipinski definition) is 5. The molecular weight excluding hydrogens is 382 g/mol. The van der Waals surface area contributed by atoms with Gasteiger partial charge < -0.3 is 5.32 Å². The van der Waals surface area contributed by atoms with Gasteiger partial charge in [-0.05, 0) is 25.0 Å². The van der Waals surface area contributed by atoms with Gasteiger partial charge in [0.1, 0.15) is 6.54 Å². The molecule has 8 heteroatoms. The van der Waals surface area contributed by atoms with Gasteiger partial charge in [-0.1, -0.05) is 50.3 Å². The van der Waals surface area contributed by atoms with Crippen LogP contribution in [0, 0.1) is 0 Å². The van der Waals surface area contributed by atoms with Crippen LogP contribution >= 0.6 is 11.3 Å². The highest BCUT2D eigenvalue weighted by Crippen LogP contribution is 2.25. The van der Waals surface area contributed by atoms with E-state index in [0.717, 1.165) is 30.0 Å². The second-order valence-electron chi connectivity index (χ2n) is 6.75. The molecule has 1 aromatic heterocycles. The van der Waals surface area contributed by atoms with Gasteiger partial charge in [0, 0.05) is 17.6 Å². The first-order valence-corrected chi connectivity index (χ1v) is 11.7. The molecule has 1 heterocycles. The molecule has 0 saturated heterocycles. The topological polar surface area (TPSA) is 79.4 Å². The minimum absolute atomic E-state index is 0.121. The van der Waals surface area contributed by atoms with Crippen molar-refractivity contribution >= 4 is 32.4 Å². The second kappa shape index (κ2) is 9.32. The number of thiazole rings is 1. The quantitative estimate of drug-likeness (QED) is 0.794. The third-order valence-electron chi connectivity index (χ3n) is 4.72. The minimum atomic E-state index is -3.85. The number of carbonyl (C=O) groups excluding carboxylic acids is 1. The normalized spacial score (nSPS) is 16.3. The van der Waals surface area contributed by atoms with Crippen molar-refractivity contribution in [2.45, 2.75) is 55.9 Å². The van der Waals surface area contributed by atoms with Gasteiger partial charge in [0.25, 0.3) is 10.0 Å². The van der Waals surface area contributed by atoms with Crippen LogP contribution in [0.4, 0.5) is 5.13 Å². The predicted molar refractivity (Wildman–Crippen MR) is 107 cm³/mol. The summed E-state index contributed by atoms with van der Waals surface area (Å²) in [6.45, 7) is -0.263. The number of aromatic nitrogens is 1. The first kappa shape index (κ1) is 19.8. The first-order chi connectivity index (χ1) is 13.1. The lowest BCUT2D eigenvalue weighted by atomic mass is 9.97. The Balaban J connectivity index is 1.75. The number of rotatable bonds is 6. The molecule has 0 aliphatic heterocycles. The van der Waals surface area contributed by atoms with Crippen LogP contribution in [0.5, 0.6) is 0 Å². The molecular formula is C19H25N3O3S2. The van der Waals surface area contributed by atoms with Gasteiger partial charge in [0.15, 0.2) is 5.13 Å². The van der Waals surface area contributed by atoms with Crippen molar-refractivity contribution in [3.8, 4) is 0 Å². The summed E-state index contributed by atoms with van der Waals surface area (Å²) in [7, 11) is -3.85. The van der Waals surface area contributed by atoms with Crippen LogP contribution < -0.4 is 9.62 Å². The highest BCUT2D eigenvalue weighted by atomic mass is 32.2. The maximum absolute atomic E-state index is 13.1. The second-order valence-corrected chi connectivity index (χ2v) is 9.48. The van der Waals surface area contributed by atoms with E-state index in [1.807, 2.05) is 0 Å². The van der Waals surface area contributed by atoms with Crippen molar-refractivity contribution in [1.82, 2.24) is 10.3 Å². The summed E-state index contributed by atoms with van der Waals surface area (Å²) in [4.78, 5) is 16.9. The molecule has 0 bridgehead atoms. The number of nitrogens with zero attached hydrogens (tertiary/aromatic N) is 2. The van der Waals surface area contributed by atoms with Crippen LogP contribution in [-0.2, 0) is 14.8 Å². The fourth-order valence-corrected chi connectivity index (χ4v) is 5.58. The van der Waals surface area contributed by atoms with E-state index in [9.17, 15) is 13.2 Å². The Labute approximate surface area is 164 Å². The number of carbonyl (C=O) groups is 1. The average molecular weight is 408 g/mol. The van der Waals surface area contributed by atoms with Gasteiger partial charge in [-0.15, -0.1) is 11.3 Å². The molecule has 1 aliphatic carbocycles. The number of sulfonamides is 1. The van der Waals surface area contributed by atoms with E-state index in [-0.39, 0.29) is 23.4 Å². The van der Waals surface area contributed by atoms with Crippen LogP contribution in [0.15, 0.2) is 46.8 Å². The molecule has 27 heavy (non-hydrogen) atoms. The van der Waals surface area contributed by atoms with Crippen molar-refractivity contribution in [2.75, 3.05) is 10.8 Å². The summed E-state index contributed by atoms with van der Waals surface area (Å²) in [6, 6.07) is 8.28. The third kappa shape index (κ3) is 5.29. The van der Waals surface area contributed by atoms with E-state index in [0.29, 0.717) is 5.13 Å². The Morgan fingerprint density at radius 3 is 2.41 bits per heavy atom. The van der Waals surface area contributed by atoms with E-state index in [4.69, 9.17) is 0 Å². The van der Waals surface area contributed by atoms with E-state index < -0.39 is 10.0 Å². The molecule has 0 spiro atoms. The lowest BCUT2D eigenvalue weighted by molar-refractivity contribution is -0.120. The van der Waals surface area contributed by atoms with Crippen LogP contribution in [0.25, 0.3) is 0 Å². The third-order valence-corrected chi connectivity index (χ3v) is 7.38. The molecule has 0 atom stereocenters. The number of amides is 1. The Morgan fingerprint density at radius 1 is 1.11 bits per heavy atom. The molecule has 1 N–H and O–H groups in total. The molecule has 1 saturated carbocycles. The first-order valence-electron chi connectivity index (χ1n) is 9.34. The zero-order valence-corrected chi connectivity index (χ0v) is 16.8. The van der Waals surface area contributed by atoms with Crippen molar-refractivity contribution in [3.05, 3.63) is 41.9 Å². The van der Waals surface area contributed by atoms with Crippen LogP contribution in [0.1, 0.15) is 44.9 Å². The Kier molecular flexibility index (Phi) is 6.84. The summed E-state index contributed by atoms with van der Waals surface area (Å²) in [5.41, 5.74) is 0. The summed E-state index contributed by atoms with van der Waals surface area (Å²) in [5, 5.41) is 5.04. The molecule has 0 unspecified atom stereocenters.